The quantitative estimate of drug-likeness (QED) is 0.728. The molecule has 0 saturated carbocycles. The van der Waals surface area contributed by atoms with Crippen molar-refractivity contribution in [2.45, 2.75) is 12.6 Å². The predicted octanol–water partition coefficient (Wildman–Crippen LogP) is 1.82. The van der Waals surface area contributed by atoms with Gasteiger partial charge in [-0.25, -0.2) is 0 Å². The number of ether oxygens (including phenoxy) is 1. The molecule has 22 heavy (non-hydrogen) atoms. The van der Waals surface area contributed by atoms with E-state index in [-0.39, 0.29) is 13.2 Å². The fourth-order valence-corrected chi connectivity index (χ4v) is 2.31. The molecule has 1 atom stereocenters. The van der Waals surface area contributed by atoms with Crippen LogP contribution in [-0.4, -0.2) is 39.3 Å². The third-order valence-electron chi connectivity index (χ3n) is 3.42. The molecule has 0 spiro atoms. The molecule has 1 unspecified atom stereocenters. The molecule has 0 fully saturated rings. The minimum Gasteiger partial charge on any atom is -0.473 e. The number of aromatic nitrogens is 2. The van der Waals surface area contributed by atoms with Crippen LogP contribution in [0.1, 0.15) is 5.56 Å². The summed E-state index contributed by atoms with van der Waals surface area (Å²) in [6, 6.07) is 17.9. The van der Waals surface area contributed by atoms with E-state index in [0.717, 1.165) is 16.5 Å². The van der Waals surface area contributed by atoms with Crippen molar-refractivity contribution in [3.8, 4) is 5.88 Å². The van der Waals surface area contributed by atoms with Gasteiger partial charge in [-0.15, -0.1) is 5.10 Å². The van der Waals surface area contributed by atoms with E-state index in [9.17, 15) is 5.11 Å². The van der Waals surface area contributed by atoms with Gasteiger partial charge < -0.3 is 14.9 Å². The molecular formula is C17H18N2O3. The first-order valence-corrected chi connectivity index (χ1v) is 7.19. The van der Waals surface area contributed by atoms with Crippen LogP contribution in [0.3, 0.4) is 0 Å². The zero-order chi connectivity index (χ0) is 15.4. The van der Waals surface area contributed by atoms with Crippen LogP contribution in [-0.2, 0) is 6.54 Å². The van der Waals surface area contributed by atoms with Crippen molar-refractivity contribution in [1.29, 1.82) is 0 Å². The van der Waals surface area contributed by atoms with Gasteiger partial charge in [-0.2, -0.15) is 0 Å². The van der Waals surface area contributed by atoms with E-state index >= 15 is 0 Å². The van der Waals surface area contributed by atoms with Crippen molar-refractivity contribution in [1.82, 2.24) is 9.78 Å². The fourth-order valence-electron chi connectivity index (χ4n) is 2.31. The number of benzene rings is 2. The number of aliphatic hydroxyl groups is 2. The number of fused-ring (bicyclic) bond motifs is 1. The van der Waals surface area contributed by atoms with E-state index in [1.807, 2.05) is 59.3 Å². The highest BCUT2D eigenvalue weighted by molar-refractivity contribution is 5.84. The lowest BCUT2D eigenvalue weighted by Gasteiger charge is -2.07. The number of nitrogens with zero attached hydrogens (tertiary/aromatic N) is 2. The molecule has 0 amide bonds. The topological polar surface area (TPSA) is 67.5 Å². The molecule has 0 saturated heterocycles. The SMILES string of the molecule is OCC(O)COc1nn(Cc2ccccc2)c2ccccc12. The maximum Gasteiger partial charge on any atom is 0.240 e. The van der Waals surface area contributed by atoms with Crippen LogP contribution in [0.4, 0.5) is 0 Å². The van der Waals surface area contributed by atoms with Gasteiger partial charge in [0, 0.05) is 0 Å². The molecule has 0 bridgehead atoms. The molecule has 0 aliphatic heterocycles. The lowest BCUT2D eigenvalue weighted by Crippen LogP contribution is -2.21. The molecule has 0 aliphatic rings. The van der Waals surface area contributed by atoms with Gasteiger partial charge >= 0.3 is 0 Å². The molecule has 1 heterocycles. The average molecular weight is 298 g/mol. The summed E-state index contributed by atoms with van der Waals surface area (Å²) in [6.07, 6.45) is -0.905. The molecule has 2 aromatic carbocycles. The lowest BCUT2D eigenvalue weighted by atomic mass is 10.2. The largest absolute Gasteiger partial charge is 0.473 e. The van der Waals surface area contributed by atoms with Crippen LogP contribution in [0.25, 0.3) is 10.9 Å². The van der Waals surface area contributed by atoms with Crippen molar-refractivity contribution in [3.05, 3.63) is 60.2 Å². The summed E-state index contributed by atoms with van der Waals surface area (Å²) in [6.45, 7) is 0.332. The Balaban J connectivity index is 1.90. The molecular weight excluding hydrogens is 280 g/mol. The normalized spacial score (nSPS) is 12.5. The summed E-state index contributed by atoms with van der Waals surface area (Å²) < 4.78 is 7.43. The number of aliphatic hydroxyl groups excluding tert-OH is 2. The second-order valence-corrected chi connectivity index (χ2v) is 5.11. The molecule has 3 aromatic rings. The summed E-state index contributed by atoms with van der Waals surface area (Å²) >= 11 is 0. The van der Waals surface area contributed by atoms with E-state index in [1.165, 1.54) is 0 Å². The van der Waals surface area contributed by atoms with Gasteiger partial charge in [0.05, 0.1) is 24.1 Å². The number of hydrogen-bond donors (Lipinski definition) is 2. The minimum atomic E-state index is -0.905. The first kappa shape index (κ1) is 14.6. The maximum atomic E-state index is 9.42. The maximum absolute atomic E-state index is 9.42. The van der Waals surface area contributed by atoms with Crippen LogP contribution in [0, 0.1) is 0 Å². The summed E-state index contributed by atoms with van der Waals surface area (Å²) in [7, 11) is 0. The van der Waals surface area contributed by atoms with E-state index < -0.39 is 6.10 Å². The fraction of sp³-hybridized carbons (Fsp3) is 0.235. The molecule has 5 heteroatoms. The smallest absolute Gasteiger partial charge is 0.240 e. The van der Waals surface area contributed by atoms with Gasteiger partial charge in [-0.05, 0) is 17.7 Å². The first-order chi connectivity index (χ1) is 10.8. The molecule has 0 radical (unpaired) electrons. The summed E-state index contributed by atoms with van der Waals surface area (Å²) in [5.41, 5.74) is 2.12. The first-order valence-electron chi connectivity index (χ1n) is 7.19. The molecule has 1 aromatic heterocycles. The lowest BCUT2D eigenvalue weighted by molar-refractivity contribution is 0.0523. The van der Waals surface area contributed by atoms with Crippen molar-refractivity contribution in [2.75, 3.05) is 13.2 Å². The number of rotatable bonds is 6. The van der Waals surface area contributed by atoms with Crippen LogP contribution in [0.15, 0.2) is 54.6 Å². The Morgan fingerprint density at radius 1 is 1.05 bits per heavy atom. The highest BCUT2D eigenvalue weighted by atomic mass is 16.5. The Labute approximate surface area is 128 Å². The van der Waals surface area contributed by atoms with E-state index in [2.05, 4.69) is 5.10 Å². The third-order valence-corrected chi connectivity index (χ3v) is 3.42. The van der Waals surface area contributed by atoms with Crippen LogP contribution >= 0.6 is 0 Å². The Morgan fingerprint density at radius 2 is 1.77 bits per heavy atom. The standard InChI is InChI=1S/C17H18N2O3/c20-11-14(21)12-22-17-15-8-4-5-9-16(15)19(18-17)10-13-6-2-1-3-7-13/h1-9,14,20-21H,10-12H2. The summed E-state index contributed by atoms with van der Waals surface area (Å²) in [5.74, 6) is 0.471. The second-order valence-electron chi connectivity index (χ2n) is 5.11. The van der Waals surface area contributed by atoms with Crippen molar-refractivity contribution >= 4 is 10.9 Å². The Kier molecular flexibility index (Phi) is 4.37. The van der Waals surface area contributed by atoms with Gasteiger partial charge in [0.15, 0.2) is 0 Å². The van der Waals surface area contributed by atoms with Crippen LogP contribution in [0.5, 0.6) is 5.88 Å². The van der Waals surface area contributed by atoms with Crippen molar-refractivity contribution < 1.29 is 14.9 Å². The van der Waals surface area contributed by atoms with E-state index in [1.54, 1.807) is 0 Å². The van der Waals surface area contributed by atoms with Gasteiger partial charge in [0.1, 0.15) is 12.7 Å². The van der Waals surface area contributed by atoms with Crippen molar-refractivity contribution in [3.63, 3.8) is 0 Å². The molecule has 5 nitrogen and oxygen atoms in total. The minimum absolute atomic E-state index is 0.0167. The highest BCUT2D eigenvalue weighted by Crippen LogP contribution is 2.25. The molecule has 114 valence electrons. The van der Waals surface area contributed by atoms with E-state index in [4.69, 9.17) is 9.84 Å². The zero-order valence-electron chi connectivity index (χ0n) is 12.1. The van der Waals surface area contributed by atoms with Crippen molar-refractivity contribution in [2.24, 2.45) is 0 Å². The van der Waals surface area contributed by atoms with Gasteiger partial charge in [-0.1, -0.05) is 42.5 Å². The van der Waals surface area contributed by atoms with Gasteiger partial charge in [0.2, 0.25) is 5.88 Å². The summed E-state index contributed by atoms with van der Waals surface area (Å²) in [4.78, 5) is 0. The van der Waals surface area contributed by atoms with Gasteiger partial charge in [-0.3, -0.25) is 4.68 Å². The molecule has 2 N–H and O–H groups in total. The third kappa shape index (κ3) is 3.10. The Morgan fingerprint density at radius 3 is 2.55 bits per heavy atom. The Hall–Kier alpha value is -2.37. The predicted molar refractivity (Wildman–Crippen MR) is 83.9 cm³/mol. The number of para-hydroxylation sites is 1. The zero-order valence-corrected chi connectivity index (χ0v) is 12.1. The average Bonchev–Trinajstić information content (AvgIpc) is 2.92. The van der Waals surface area contributed by atoms with Crippen LogP contribution < -0.4 is 4.74 Å². The van der Waals surface area contributed by atoms with E-state index in [0.29, 0.717) is 12.4 Å². The number of hydrogen-bond acceptors (Lipinski definition) is 4. The molecule has 3 rings (SSSR count). The second kappa shape index (κ2) is 6.60. The molecule has 0 aliphatic carbocycles. The monoisotopic (exact) mass is 298 g/mol. The highest BCUT2D eigenvalue weighted by Gasteiger charge is 2.13. The van der Waals surface area contributed by atoms with Gasteiger partial charge in [0.25, 0.3) is 0 Å². The summed E-state index contributed by atoms with van der Waals surface area (Å²) in [5, 5.41) is 23.7. The Bertz CT molecular complexity index is 740. The van der Waals surface area contributed by atoms with Crippen LogP contribution in [0.2, 0.25) is 0 Å².